The van der Waals surface area contributed by atoms with Gasteiger partial charge >= 0.3 is 0 Å². The molecule has 0 spiro atoms. The van der Waals surface area contributed by atoms with Gasteiger partial charge in [0.05, 0.1) is 0 Å². The SMILES string of the molecule is CCCCOCCCNC1Cc2ccccc2C1. The number of hydrogen-bond acceptors (Lipinski definition) is 2. The molecular weight excluding hydrogens is 222 g/mol. The largest absolute Gasteiger partial charge is 0.381 e. The third kappa shape index (κ3) is 4.11. The first kappa shape index (κ1) is 13.6. The van der Waals surface area contributed by atoms with Crippen LogP contribution in [0.25, 0.3) is 0 Å². The predicted octanol–water partition coefficient (Wildman–Crippen LogP) is 2.95. The fraction of sp³-hybridized carbons (Fsp3) is 0.625. The summed E-state index contributed by atoms with van der Waals surface area (Å²) in [5.74, 6) is 0. The summed E-state index contributed by atoms with van der Waals surface area (Å²) >= 11 is 0. The van der Waals surface area contributed by atoms with E-state index in [-0.39, 0.29) is 0 Å². The minimum atomic E-state index is 0.637. The van der Waals surface area contributed by atoms with Gasteiger partial charge in [-0.1, -0.05) is 37.6 Å². The Balaban J connectivity index is 1.54. The second-order valence-corrected chi connectivity index (χ2v) is 5.15. The molecule has 0 radical (unpaired) electrons. The number of fused-ring (bicyclic) bond motifs is 1. The topological polar surface area (TPSA) is 21.3 Å². The maximum absolute atomic E-state index is 5.56. The van der Waals surface area contributed by atoms with E-state index in [0.29, 0.717) is 6.04 Å². The minimum absolute atomic E-state index is 0.637. The average Bonchev–Trinajstić information content (AvgIpc) is 2.80. The number of benzene rings is 1. The molecule has 1 aliphatic rings. The Morgan fingerprint density at radius 1 is 1.11 bits per heavy atom. The lowest BCUT2D eigenvalue weighted by Gasteiger charge is -2.11. The summed E-state index contributed by atoms with van der Waals surface area (Å²) < 4.78 is 5.56. The van der Waals surface area contributed by atoms with Gasteiger partial charge in [-0.15, -0.1) is 0 Å². The van der Waals surface area contributed by atoms with Crippen molar-refractivity contribution < 1.29 is 4.74 Å². The van der Waals surface area contributed by atoms with Gasteiger partial charge in [-0.25, -0.2) is 0 Å². The van der Waals surface area contributed by atoms with Gasteiger partial charge in [0.1, 0.15) is 0 Å². The van der Waals surface area contributed by atoms with E-state index in [2.05, 4.69) is 36.5 Å². The molecule has 0 saturated heterocycles. The fourth-order valence-electron chi connectivity index (χ4n) is 2.53. The average molecular weight is 247 g/mol. The summed E-state index contributed by atoms with van der Waals surface area (Å²) in [4.78, 5) is 0. The number of nitrogens with one attached hydrogen (secondary N) is 1. The molecule has 1 aliphatic carbocycles. The Hall–Kier alpha value is -0.860. The van der Waals surface area contributed by atoms with Gasteiger partial charge in [-0.05, 0) is 43.4 Å². The maximum atomic E-state index is 5.56. The van der Waals surface area contributed by atoms with Gasteiger partial charge < -0.3 is 10.1 Å². The van der Waals surface area contributed by atoms with Gasteiger partial charge in [0.2, 0.25) is 0 Å². The van der Waals surface area contributed by atoms with Crippen molar-refractivity contribution in [3.05, 3.63) is 35.4 Å². The molecule has 0 unspecified atom stereocenters. The maximum Gasteiger partial charge on any atom is 0.0478 e. The Kier molecular flexibility index (Phi) is 5.69. The van der Waals surface area contributed by atoms with Crippen molar-refractivity contribution in [1.82, 2.24) is 5.32 Å². The highest BCUT2D eigenvalue weighted by atomic mass is 16.5. The molecule has 0 saturated carbocycles. The van der Waals surface area contributed by atoms with Gasteiger partial charge in [-0.3, -0.25) is 0 Å². The molecule has 1 N–H and O–H groups in total. The fourth-order valence-corrected chi connectivity index (χ4v) is 2.53. The van der Waals surface area contributed by atoms with Crippen LogP contribution in [0.5, 0.6) is 0 Å². The van der Waals surface area contributed by atoms with E-state index in [9.17, 15) is 0 Å². The molecule has 0 aliphatic heterocycles. The van der Waals surface area contributed by atoms with Crippen LogP contribution in [0.2, 0.25) is 0 Å². The first-order valence-corrected chi connectivity index (χ1v) is 7.28. The molecule has 0 heterocycles. The van der Waals surface area contributed by atoms with Gasteiger partial charge in [0.25, 0.3) is 0 Å². The summed E-state index contributed by atoms with van der Waals surface area (Å²) in [6.45, 7) is 5.09. The second-order valence-electron chi connectivity index (χ2n) is 5.15. The summed E-state index contributed by atoms with van der Waals surface area (Å²) in [6, 6.07) is 9.43. The highest BCUT2D eigenvalue weighted by molar-refractivity contribution is 5.33. The van der Waals surface area contributed by atoms with Crippen LogP contribution in [0.15, 0.2) is 24.3 Å². The lowest BCUT2D eigenvalue weighted by Crippen LogP contribution is -2.30. The lowest BCUT2D eigenvalue weighted by molar-refractivity contribution is 0.128. The van der Waals surface area contributed by atoms with Crippen LogP contribution < -0.4 is 5.32 Å². The zero-order valence-corrected chi connectivity index (χ0v) is 11.5. The van der Waals surface area contributed by atoms with Crippen LogP contribution in [0, 0.1) is 0 Å². The smallest absolute Gasteiger partial charge is 0.0478 e. The van der Waals surface area contributed by atoms with Crippen LogP contribution in [-0.2, 0) is 17.6 Å². The van der Waals surface area contributed by atoms with E-state index in [1.165, 1.54) is 36.8 Å². The number of hydrogen-bond donors (Lipinski definition) is 1. The molecule has 0 fully saturated rings. The van der Waals surface area contributed by atoms with Crippen LogP contribution in [-0.4, -0.2) is 25.8 Å². The third-order valence-electron chi connectivity index (χ3n) is 3.59. The van der Waals surface area contributed by atoms with Crippen molar-refractivity contribution in [2.45, 2.75) is 45.1 Å². The van der Waals surface area contributed by atoms with Gasteiger partial charge in [-0.2, -0.15) is 0 Å². The molecule has 2 heteroatoms. The van der Waals surface area contributed by atoms with E-state index in [1.54, 1.807) is 0 Å². The Bertz CT molecular complexity index is 326. The summed E-state index contributed by atoms with van der Waals surface area (Å²) in [5, 5.41) is 3.64. The van der Waals surface area contributed by atoms with E-state index < -0.39 is 0 Å². The summed E-state index contributed by atoms with van der Waals surface area (Å²) in [7, 11) is 0. The lowest BCUT2D eigenvalue weighted by atomic mass is 10.1. The van der Waals surface area contributed by atoms with Crippen LogP contribution in [0.1, 0.15) is 37.3 Å². The van der Waals surface area contributed by atoms with Crippen molar-refractivity contribution >= 4 is 0 Å². The van der Waals surface area contributed by atoms with E-state index in [4.69, 9.17) is 4.74 Å². The van der Waals surface area contributed by atoms with Crippen molar-refractivity contribution in [1.29, 1.82) is 0 Å². The Labute approximate surface area is 111 Å². The molecule has 0 amide bonds. The zero-order valence-electron chi connectivity index (χ0n) is 11.5. The first-order valence-electron chi connectivity index (χ1n) is 7.28. The molecule has 0 bridgehead atoms. The molecule has 0 atom stereocenters. The minimum Gasteiger partial charge on any atom is -0.381 e. The quantitative estimate of drug-likeness (QED) is 0.713. The molecule has 1 aromatic carbocycles. The highest BCUT2D eigenvalue weighted by Crippen LogP contribution is 2.21. The standard InChI is InChI=1S/C16H25NO/c1-2-3-10-18-11-6-9-17-16-12-14-7-4-5-8-15(14)13-16/h4-5,7-8,16-17H,2-3,6,9-13H2,1H3. The Morgan fingerprint density at radius 2 is 1.78 bits per heavy atom. The number of ether oxygens (including phenoxy) is 1. The van der Waals surface area contributed by atoms with Gasteiger partial charge in [0.15, 0.2) is 0 Å². The number of rotatable bonds is 8. The molecule has 18 heavy (non-hydrogen) atoms. The van der Waals surface area contributed by atoms with Crippen molar-refractivity contribution in [3.63, 3.8) is 0 Å². The van der Waals surface area contributed by atoms with Crippen molar-refractivity contribution in [2.75, 3.05) is 19.8 Å². The van der Waals surface area contributed by atoms with Crippen LogP contribution >= 0.6 is 0 Å². The third-order valence-corrected chi connectivity index (χ3v) is 3.59. The predicted molar refractivity (Wildman–Crippen MR) is 76.0 cm³/mol. The molecule has 100 valence electrons. The normalized spacial score (nSPS) is 14.9. The molecular formula is C16H25NO. The molecule has 2 nitrogen and oxygen atoms in total. The van der Waals surface area contributed by atoms with Crippen LogP contribution in [0.4, 0.5) is 0 Å². The van der Waals surface area contributed by atoms with Crippen molar-refractivity contribution in [2.24, 2.45) is 0 Å². The Morgan fingerprint density at radius 3 is 2.44 bits per heavy atom. The van der Waals surface area contributed by atoms with Crippen LogP contribution in [0.3, 0.4) is 0 Å². The second kappa shape index (κ2) is 7.55. The number of unbranched alkanes of at least 4 members (excludes halogenated alkanes) is 1. The first-order chi connectivity index (χ1) is 8.90. The summed E-state index contributed by atoms with van der Waals surface area (Å²) in [5.41, 5.74) is 3.04. The zero-order chi connectivity index (χ0) is 12.6. The van der Waals surface area contributed by atoms with Gasteiger partial charge in [0, 0.05) is 19.3 Å². The van der Waals surface area contributed by atoms with E-state index in [1.807, 2.05) is 0 Å². The summed E-state index contributed by atoms with van der Waals surface area (Å²) in [6.07, 6.45) is 5.90. The monoisotopic (exact) mass is 247 g/mol. The van der Waals surface area contributed by atoms with E-state index in [0.717, 1.165) is 26.2 Å². The highest BCUT2D eigenvalue weighted by Gasteiger charge is 2.19. The molecule has 2 rings (SSSR count). The molecule has 0 aromatic heterocycles. The van der Waals surface area contributed by atoms with Crippen molar-refractivity contribution in [3.8, 4) is 0 Å². The molecule has 1 aromatic rings. The van der Waals surface area contributed by atoms with E-state index >= 15 is 0 Å².